The molecule has 1 heterocycles. The summed E-state index contributed by atoms with van der Waals surface area (Å²) in [4.78, 5) is 6.09. The standard InChI is InChI=1S/C24H26N2O6S/c1-7-12-26(13-8-2)24-21(30-4)10-9-18(25-24)17-33(27,28)14-11-20-22(31-5)15-19(29-3)16-23(20)32-6/h1-2,9-11,14-16H,12-13,17H2,3-6H3/b14-11+. The van der Waals surface area contributed by atoms with Crippen molar-refractivity contribution in [3.8, 4) is 47.7 Å². The molecular formula is C24H26N2O6S. The van der Waals surface area contributed by atoms with Gasteiger partial charge in [0.05, 0.1) is 58.5 Å². The van der Waals surface area contributed by atoms with Crippen LogP contribution in [0.3, 0.4) is 0 Å². The van der Waals surface area contributed by atoms with Gasteiger partial charge in [-0.1, -0.05) is 11.8 Å². The van der Waals surface area contributed by atoms with Crippen LogP contribution >= 0.6 is 0 Å². The largest absolute Gasteiger partial charge is 0.496 e. The first-order valence-electron chi connectivity index (χ1n) is 9.69. The fourth-order valence-electron chi connectivity index (χ4n) is 2.99. The molecule has 8 nitrogen and oxygen atoms in total. The van der Waals surface area contributed by atoms with Crippen LogP contribution in [0.2, 0.25) is 0 Å². The minimum atomic E-state index is -3.71. The summed E-state index contributed by atoms with van der Waals surface area (Å²) >= 11 is 0. The Morgan fingerprint density at radius 1 is 0.939 bits per heavy atom. The fourth-order valence-corrected chi connectivity index (χ4v) is 4.00. The van der Waals surface area contributed by atoms with Gasteiger partial charge in [0.15, 0.2) is 21.4 Å². The van der Waals surface area contributed by atoms with Gasteiger partial charge >= 0.3 is 0 Å². The van der Waals surface area contributed by atoms with Crippen molar-refractivity contribution >= 4 is 21.7 Å². The van der Waals surface area contributed by atoms with Gasteiger partial charge in [-0.3, -0.25) is 0 Å². The van der Waals surface area contributed by atoms with Gasteiger partial charge in [-0.15, -0.1) is 12.8 Å². The monoisotopic (exact) mass is 470 g/mol. The fraction of sp³-hybridized carbons (Fsp3) is 0.292. The molecule has 9 heteroatoms. The van der Waals surface area contributed by atoms with E-state index in [1.165, 1.54) is 34.5 Å². The van der Waals surface area contributed by atoms with Crippen LogP contribution in [-0.2, 0) is 15.6 Å². The predicted molar refractivity (Wildman–Crippen MR) is 128 cm³/mol. The highest BCUT2D eigenvalue weighted by Gasteiger charge is 2.17. The summed E-state index contributed by atoms with van der Waals surface area (Å²) in [6, 6.07) is 6.48. The summed E-state index contributed by atoms with van der Waals surface area (Å²) in [6.07, 6.45) is 12.3. The molecule has 0 unspecified atom stereocenters. The Kier molecular flexibility index (Phi) is 9.02. The number of hydrogen-bond donors (Lipinski definition) is 0. The molecule has 174 valence electrons. The SMILES string of the molecule is C#CCN(CC#C)c1nc(CS(=O)(=O)/C=C/c2c(OC)cc(OC)cc2OC)ccc1OC. The Balaban J connectivity index is 2.39. The number of pyridine rings is 1. The minimum Gasteiger partial charge on any atom is -0.496 e. The highest BCUT2D eigenvalue weighted by molar-refractivity contribution is 7.93. The summed E-state index contributed by atoms with van der Waals surface area (Å²) in [6.45, 7) is 0.390. The van der Waals surface area contributed by atoms with Crippen molar-refractivity contribution in [3.63, 3.8) is 0 Å². The van der Waals surface area contributed by atoms with Gasteiger partial charge in [-0.25, -0.2) is 13.4 Å². The lowest BCUT2D eigenvalue weighted by Crippen LogP contribution is -2.26. The number of nitrogens with zero attached hydrogens (tertiary/aromatic N) is 2. The van der Waals surface area contributed by atoms with Gasteiger partial charge in [0, 0.05) is 17.5 Å². The summed E-state index contributed by atoms with van der Waals surface area (Å²) in [5.41, 5.74) is 0.769. The van der Waals surface area contributed by atoms with Crippen LogP contribution in [0.5, 0.6) is 23.0 Å². The predicted octanol–water partition coefficient (Wildman–Crippen LogP) is 2.77. The number of rotatable bonds is 11. The third-order valence-corrected chi connectivity index (χ3v) is 5.77. The van der Waals surface area contributed by atoms with E-state index in [2.05, 4.69) is 16.8 Å². The average molecular weight is 471 g/mol. The van der Waals surface area contributed by atoms with Gasteiger partial charge in [-0.2, -0.15) is 0 Å². The van der Waals surface area contributed by atoms with Crippen LogP contribution < -0.4 is 23.8 Å². The maximum Gasteiger partial charge on any atom is 0.177 e. The zero-order valence-electron chi connectivity index (χ0n) is 19.0. The molecule has 0 aliphatic carbocycles. The Morgan fingerprint density at radius 2 is 1.52 bits per heavy atom. The quantitative estimate of drug-likeness (QED) is 0.464. The van der Waals surface area contributed by atoms with Crippen LogP contribution in [0.25, 0.3) is 6.08 Å². The van der Waals surface area contributed by atoms with Gasteiger partial charge < -0.3 is 23.8 Å². The molecule has 2 rings (SSSR count). The zero-order chi connectivity index (χ0) is 24.4. The lowest BCUT2D eigenvalue weighted by molar-refractivity contribution is 0.374. The number of terminal acetylenes is 2. The maximum atomic E-state index is 12.8. The summed E-state index contributed by atoms with van der Waals surface area (Å²) in [7, 11) is 2.23. The highest BCUT2D eigenvalue weighted by Crippen LogP contribution is 2.35. The van der Waals surface area contributed by atoms with E-state index in [1.54, 1.807) is 29.2 Å². The van der Waals surface area contributed by atoms with Gasteiger partial charge in [0.25, 0.3) is 0 Å². The Morgan fingerprint density at radius 3 is 2.00 bits per heavy atom. The van der Waals surface area contributed by atoms with E-state index in [4.69, 9.17) is 31.8 Å². The van der Waals surface area contributed by atoms with E-state index in [0.29, 0.717) is 40.1 Å². The second kappa shape index (κ2) is 11.7. The molecule has 1 aromatic carbocycles. The van der Waals surface area contributed by atoms with Crippen molar-refractivity contribution in [2.45, 2.75) is 5.75 Å². The summed E-state index contributed by atoms with van der Waals surface area (Å²) in [5, 5.41) is 1.09. The Labute approximate surface area is 195 Å². The molecule has 2 aromatic rings. The maximum absolute atomic E-state index is 12.8. The normalized spacial score (nSPS) is 10.8. The topological polar surface area (TPSA) is 87.2 Å². The zero-order valence-corrected chi connectivity index (χ0v) is 19.8. The molecule has 0 saturated carbocycles. The lowest BCUT2D eigenvalue weighted by Gasteiger charge is -2.21. The lowest BCUT2D eigenvalue weighted by atomic mass is 10.1. The van der Waals surface area contributed by atoms with Crippen molar-refractivity contribution < 1.29 is 27.4 Å². The minimum absolute atomic E-state index is 0.195. The second-order valence-corrected chi connectivity index (χ2v) is 8.53. The molecule has 1 aromatic heterocycles. The summed E-state index contributed by atoms with van der Waals surface area (Å²) in [5.74, 6) is 6.81. The molecule has 0 fully saturated rings. The van der Waals surface area contributed by atoms with E-state index in [0.717, 1.165) is 5.41 Å². The third-order valence-electron chi connectivity index (χ3n) is 4.52. The van der Waals surface area contributed by atoms with Crippen molar-refractivity contribution in [2.75, 3.05) is 46.4 Å². The molecule has 0 radical (unpaired) electrons. The molecular weight excluding hydrogens is 444 g/mol. The molecule has 0 bridgehead atoms. The number of ether oxygens (including phenoxy) is 4. The first kappa shape index (κ1) is 25.4. The molecule has 0 aliphatic heterocycles. The van der Waals surface area contributed by atoms with Crippen molar-refractivity contribution in [2.24, 2.45) is 0 Å². The Hall–Kier alpha value is -3.82. The molecule has 33 heavy (non-hydrogen) atoms. The van der Waals surface area contributed by atoms with Gasteiger partial charge in [0.2, 0.25) is 0 Å². The molecule has 0 aliphatic rings. The smallest absolute Gasteiger partial charge is 0.177 e. The number of benzene rings is 1. The number of anilines is 1. The number of hydrogen-bond acceptors (Lipinski definition) is 8. The third kappa shape index (κ3) is 6.58. The molecule has 0 N–H and O–H groups in total. The van der Waals surface area contributed by atoms with E-state index in [-0.39, 0.29) is 18.8 Å². The van der Waals surface area contributed by atoms with Crippen molar-refractivity contribution in [1.29, 1.82) is 0 Å². The van der Waals surface area contributed by atoms with Crippen LogP contribution in [-0.4, -0.2) is 54.9 Å². The van der Waals surface area contributed by atoms with Crippen molar-refractivity contribution in [3.05, 3.63) is 40.9 Å². The average Bonchev–Trinajstić information content (AvgIpc) is 2.81. The van der Waals surface area contributed by atoms with Crippen LogP contribution in [0.4, 0.5) is 5.82 Å². The number of aromatic nitrogens is 1. The number of methoxy groups -OCH3 is 4. The van der Waals surface area contributed by atoms with E-state index in [1.807, 2.05) is 0 Å². The van der Waals surface area contributed by atoms with Crippen LogP contribution in [0.1, 0.15) is 11.3 Å². The van der Waals surface area contributed by atoms with Gasteiger partial charge in [-0.05, 0) is 18.2 Å². The first-order valence-corrected chi connectivity index (χ1v) is 11.4. The molecule has 0 saturated heterocycles. The number of sulfone groups is 1. The first-order chi connectivity index (χ1) is 15.8. The van der Waals surface area contributed by atoms with E-state index in [9.17, 15) is 8.42 Å². The van der Waals surface area contributed by atoms with E-state index < -0.39 is 9.84 Å². The Bertz CT molecular complexity index is 1150. The van der Waals surface area contributed by atoms with Gasteiger partial charge in [0.1, 0.15) is 17.2 Å². The van der Waals surface area contributed by atoms with E-state index >= 15 is 0 Å². The van der Waals surface area contributed by atoms with Crippen LogP contribution in [0, 0.1) is 24.7 Å². The molecule has 0 spiro atoms. The van der Waals surface area contributed by atoms with Crippen molar-refractivity contribution in [1.82, 2.24) is 4.98 Å². The second-order valence-electron chi connectivity index (χ2n) is 6.65. The molecule has 0 amide bonds. The summed E-state index contributed by atoms with van der Waals surface area (Å²) < 4.78 is 46.9. The van der Waals surface area contributed by atoms with Crippen LogP contribution in [0.15, 0.2) is 29.7 Å². The molecule has 0 atom stereocenters. The highest BCUT2D eigenvalue weighted by atomic mass is 32.2.